The van der Waals surface area contributed by atoms with E-state index >= 15 is 0 Å². The molecule has 0 aliphatic carbocycles. The number of rotatable bonds is 6. The smallest absolute Gasteiger partial charge is 0.00174 e. The SMILES string of the molecule is CNCC(CCSC)c1ccc(C)cc1. The Bertz CT molecular complexity index is 268. The molecule has 0 fully saturated rings. The van der Waals surface area contributed by atoms with Crippen molar-refractivity contribution in [2.75, 3.05) is 25.6 Å². The van der Waals surface area contributed by atoms with Crippen LogP contribution in [-0.4, -0.2) is 25.6 Å². The Morgan fingerprint density at radius 3 is 2.47 bits per heavy atom. The van der Waals surface area contributed by atoms with Crippen molar-refractivity contribution >= 4 is 11.8 Å². The van der Waals surface area contributed by atoms with E-state index in [0.717, 1.165) is 6.54 Å². The molecular formula is C13H21NS. The third kappa shape index (κ3) is 4.27. The van der Waals surface area contributed by atoms with Crippen molar-refractivity contribution in [2.45, 2.75) is 19.3 Å². The van der Waals surface area contributed by atoms with Crippen LogP contribution in [0.5, 0.6) is 0 Å². The van der Waals surface area contributed by atoms with Crippen LogP contribution in [0.25, 0.3) is 0 Å². The molecule has 1 atom stereocenters. The molecule has 0 saturated carbocycles. The fourth-order valence-corrected chi connectivity index (χ4v) is 2.25. The first-order chi connectivity index (χ1) is 7.27. The lowest BCUT2D eigenvalue weighted by molar-refractivity contribution is 0.616. The highest BCUT2D eigenvalue weighted by Crippen LogP contribution is 2.21. The van der Waals surface area contributed by atoms with Gasteiger partial charge in [0.25, 0.3) is 0 Å². The second-order valence-electron chi connectivity index (χ2n) is 3.95. The zero-order valence-corrected chi connectivity index (χ0v) is 10.7. The Morgan fingerprint density at radius 1 is 1.27 bits per heavy atom. The van der Waals surface area contributed by atoms with Crippen LogP contribution in [0.1, 0.15) is 23.5 Å². The van der Waals surface area contributed by atoms with Crippen molar-refractivity contribution in [2.24, 2.45) is 0 Å². The van der Waals surface area contributed by atoms with E-state index in [0.29, 0.717) is 5.92 Å². The van der Waals surface area contributed by atoms with Gasteiger partial charge in [0.2, 0.25) is 0 Å². The first-order valence-corrected chi connectivity index (χ1v) is 6.87. The van der Waals surface area contributed by atoms with E-state index in [9.17, 15) is 0 Å². The molecule has 0 heterocycles. The summed E-state index contributed by atoms with van der Waals surface area (Å²) in [5.74, 6) is 1.89. The highest BCUT2D eigenvalue weighted by molar-refractivity contribution is 7.98. The fraction of sp³-hybridized carbons (Fsp3) is 0.538. The number of benzene rings is 1. The van der Waals surface area contributed by atoms with Gasteiger partial charge in [0.1, 0.15) is 0 Å². The summed E-state index contributed by atoms with van der Waals surface area (Å²) in [6.45, 7) is 3.21. The summed E-state index contributed by atoms with van der Waals surface area (Å²) >= 11 is 1.93. The number of hydrogen-bond acceptors (Lipinski definition) is 2. The molecule has 0 spiro atoms. The predicted octanol–water partition coefficient (Wildman–Crippen LogP) is 3.05. The van der Waals surface area contributed by atoms with E-state index in [-0.39, 0.29) is 0 Å². The third-order valence-electron chi connectivity index (χ3n) is 2.67. The van der Waals surface area contributed by atoms with Gasteiger partial charge < -0.3 is 5.32 Å². The molecule has 1 unspecified atom stereocenters. The van der Waals surface area contributed by atoms with Gasteiger partial charge >= 0.3 is 0 Å². The van der Waals surface area contributed by atoms with Crippen LogP contribution < -0.4 is 5.32 Å². The number of hydrogen-bond donors (Lipinski definition) is 1. The van der Waals surface area contributed by atoms with E-state index in [4.69, 9.17) is 0 Å². The number of likely N-dealkylation sites (N-methyl/N-ethyl adjacent to an activating group) is 1. The normalized spacial score (nSPS) is 12.7. The van der Waals surface area contributed by atoms with Gasteiger partial charge in [-0.1, -0.05) is 29.8 Å². The second-order valence-corrected chi connectivity index (χ2v) is 4.93. The van der Waals surface area contributed by atoms with Gasteiger partial charge in [0, 0.05) is 6.54 Å². The lowest BCUT2D eigenvalue weighted by Crippen LogP contribution is -2.17. The minimum Gasteiger partial charge on any atom is -0.319 e. The molecule has 2 heteroatoms. The number of nitrogens with one attached hydrogen (secondary N) is 1. The summed E-state index contributed by atoms with van der Waals surface area (Å²) < 4.78 is 0. The van der Waals surface area contributed by atoms with Crippen LogP contribution >= 0.6 is 11.8 Å². The van der Waals surface area contributed by atoms with Gasteiger partial charge in [-0.3, -0.25) is 0 Å². The Morgan fingerprint density at radius 2 is 1.93 bits per heavy atom. The van der Waals surface area contributed by atoms with Gasteiger partial charge in [0.15, 0.2) is 0 Å². The van der Waals surface area contributed by atoms with E-state index < -0.39 is 0 Å². The Kier molecular flexibility index (Phi) is 5.81. The summed E-state index contributed by atoms with van der Waals surface area (Å²) in [4.78, 5) is 0. The molecule has 15 heavy (non-hydrogen) atoms. The van der Waals surface area contributed by atoms with Gasteiger partial charge in [-0.2, -0.15) is 11.8 Å². The molecule has 1 aromatic rings. The average Bonchev–Trinajstić information content (AvgIpc) is 2.25. The second kappa shape index (κ2) is 6.91. The largest absolute Gasteiger partial charge is 0.319 e. The molecule has 0 amide bonds. The summed E-state index contributed by atoms with van der Waals surface area (Å²) in [6, 6.07) is 8.93. The van der Waals surface area contributed by atoms with Crippen molar-refractivity contribution in [1.29, 1.82) is 0 Å². The zero-order valence-electron chi connectivity index (χ0n) is 9.92. The maximum absolute atomic E-state index is 3.28. The molecule has 1 nitrogen and oxygen atoms in total. The topological polar surface area (TPSA) is 12.0 Å². The first kappa shape index (κ1) is 12.6. The maximum Gasteiger partial charge on any atom is 0.00174 e. The molecule has 0 radical (unpaired) electrons. The van der Waals surface area contributed by atoms with Crippen molar-refractivity contribution in [3.8, 4) is 0 Å². The molecule has 1 N–H and O–H groups in total. The molecule has 0 saturated heterocycles. The quantitative estimate of drug-likeness (QED) is 0.795. The number of aryl methyl sites for hydroxylation is 1. The molecule has 1 rings (SSSR count). The fourth-order valence-electron chi connectivity index (χ4n) is 1.73. The van der Waals surface area contributed by atoms with Crippen molar-refractivity contribution in [1.82, 2.24) is 5.32 Å². The van der Waals surface area contributed by atoms with Crippen molar-refractivity contribution < 1.29 is 0 Å². The van der Waals surface area contributed by atoms with Crippen LogP contribution in [0.2, 0.25) is 0 Å². The third-order valence-corrected chi connectivity index (χ3v) is 3.31. The first-order valence-electron chi connectivity index (χ1n) is 5.48. The summed E-state index contributed by atoms with van der Waals surface area (Å²) in [5, 5.41) is 3.28. The molecule has 0 aromatic heterocycles. The van der Waals surface area contributed by atoms with E-state index in [1.807, 2.05) is 18.8 Å². The summed E-state index contributed by atoms with van der Waals surface area (Å²) in [6.07, 6.45) is 3.43. The molecule has 0 bridgehead atoms. The Balaban J connectivity index is 2.65. The Labute approximate surface area is 97.7 Å². The van der Waals surface area contributed by atoms with Crippen molar-refractivity contribution in [3.05, 3.63) is 35.4 Å². The standard InChI is InChI=1S/C13H21NS/c1-11-4-6-12(7-5-11)13(10-14-2)8-9-15-3/h4-7,13-14H,8-10H2,1-3H3. The maximum atomic E-state index is 3.28. The lowest BCUT2D eigenvalue weighted by Gasteiger charge is -2.16. The molecule has 1 aromatic carbocycles. The lowest BCUT2D eigenvalue weighted by atomic mass is 9.95. The number of thioether (sulfide) groups is 1. The van der Waals surface area contributed by atoms with Gasteiger partial charge in [-0.15, -0.1) is 0 Å². The van der Waals surface area contributed by atoms with Crippen LogP contribution in [0, 0.1) is 6.92 Å². The predicted molar refractivity (Wildman–Crippen MR) is 70.8 cm³/mol. The summed E-state index contributed by atoms with van der Waals surface area (Å²) in [5.41, 5.74) is 2.80. The Hall–Kier alpha value is -0.470. The zero-order chi connectivity index (χ0) is 11.1. The van der Waals surface area contributed by atoms with Crippen LogP contribution in [0.3, 0.4) is 0 Å². The van der Waals surface area contributed by atoms with Crippen LogP contribution in [0.4, 0.5) is 0 Å². The van der Waals surface area contributed by atoms with Crippen molar-refractivity contribution in [3.63, 3.8) is 0 Å². The molecule has 0 aliphatic rings. The van der Waals surface area contributed by atoms with Gasteiger partial charge in [-0.05, 0) is 43.9 Å². The van der Waals surface area contributed by atoms with Gasteiger partial charge in [0.05, 0.1) is 0 Å². The minimum absolute atomic E-state index is 0.656. The minimum atomic E-state index is 0.656. The summed E-state index contributed by atoms with van der Waals surface area (Å²) in [7, 11) is 2.03. The van der Waals surface area contributed by atoms with E-state index in [1.54, 1.807) is 0 Å². The highest BCUT2D eigenvalue weighted by atomic mass is 32.2. The molecule has 0 aliphatic heterocycles. The monoisotopic (exact) mass is 223 g/mol. The van der Waals surface area contributed by atoms with Crippen LogP contribution in [0.15, 0.2) is 24.3 Å². The molecule has 84 valence electrons. The van der Waals surface area contributed by atoms with Crippen LogP contribution in [-0.2, 0) is 0 Å². The highest BCUT2D eigenvalue weighted by Gasteiger charge is 2.09. The van der Waals surface area contributed by atoms with E-state index in [1.165, 1.54) is 23.3 Å². The van der Waals surface area contributed by atoms with E-state index in [2.05, 4.69) is 42.8 Å². The average molecular weight is 223 g/mol. The van der Waals surface area contributed by atoms with Gasteiger partial charge in [-0.25, -0.2) is 0 Å². The molecular weight excluding hydrogens is 202 g/mol.